The summed E-state index contributed by atoms with van der Waals surface area (Å²) in [6.45, 7) is 1.22. The average Bonchev–Trinajstić information content (AvgIpc) is 2.42. The highest BCUT2D eigenvalue weighted by Gasteiger charge is 2.15. The Kier molecular flexibility index (Phi) is 4.68. The summed E-state index contributed by atoms with van der Waals surface area (Å²) in [5.74, 6) is -1.13. The second-order valence-corrected chi connectivity index (χ2v) is 6.56. The average molecular weight is 343 g/mol. The van der Waals surface area contributed by atoms with Crippen molar-refractivity contribution in [2.75, 3.05) is 10.0 Å². The molecule has 0 fully saturated rings. The molecule has 0 aliphatic rings. The molecule has 1 amide bonds. The minimum absolute atomic E-state index is 0.0228. The van der Waals surface area contributed by atoms with E-state index >= 15 is 0 Å². The number of nitrogens with one attached hydrogen (secondary N) is 2. The van der Waals surface area contributed by atoms with Crippen molar-refractivity contribution in [2.45, 2.75) is 11.8 Å². The van der Waals surface area contributed by atoms with E-state index < -0.39 is 21.7 Å². The van der Waals surface area contributed by atoms with Gasteiger partial charge in [0.1, 0.15) is 5.82 Å². The van der Waals surface area contributed by atoms with Crippen LogP contribution < -0.4 is 10.0 Å². The van der Waals surface area contributed by atoms with E-state index in [4.69, 9.17) is 11.6 Å². The van der Waals surface area contributed by atoms with Crippen LogP contribution >= 0.6 is 11.6 Å². The Morgan fingerprint density at radius 2 is 1.91 bits per heavy atom. The van der Waals surface area contributed by atoms with Gasteiger partial charge in [0.15, 0.2) is 0 Å². The van der Waals surface area contributed by atoms with Gasteiger partial charge < -0.3 is 5.32 Å². The van der Waals surface area contributed by atoms with Gasteiger partial charge in [-0.05, 0) is 36.4 Å². The van der Waals surface area contributed by atoms with E-state index in [-0.39, 0.29) is 21.3 Å². The first-order valence-electron chi connectivity index (χ1n) is 6.13. The number of amides is 1. The maximum atomic E-state index is 13.5. The van der Waals surface area contributed by atoms with Gasteiger partial charge in [-0.15, -0.1) is 0 Å². The SMILES string of the molecule is CC(=O)Nc1cc(NS(=O)(=O)c2cccc(Cl)c2)ccc1F. The lowest BCUT2D eigenvalue weighted by molar-refractivity contribution is -0.114. The van der Waals surface area contributed by atoms with Crippen LogP contribution in [0.3, 0.4) is 0 Å². The van der Waals surface area contributed by atoms with Gasteiger partial charge in [-0.1, -0.05) is 17.7 Å². The van der Waals surface area contributed by atoms with Crippen LogP contribution in [-0.4, -0.2) is 14.3 Å². The van der Waals surface area contributed by atoms with E-state index in [1.165, 1.54) is 37.3 Å². The first-order chi connectivity index (χ1) is 10.3. The molecule has 2 rings (SSSR count). The summed E-state index contributed by atoms with van der Waals surface area (Å²) in [5.41, 5.74) is 0.00363. The molecule has 0 aliphatic heterocycles. The topological polar surface area (TPSA) is 75.3 Å². The van der Waals surface area contributed by atoms with Crippen LogP contribution in [0.1, 0.15) is 6.92 Å². The number of sulfonamides is 1. The summed E-state index contributed by atoms with van der Waals surface area (Å²) >= 11 is 5.77. The second kappa shape index (κ2) is 6.33. The largest absolute Gasteiger partial charge is 0.324 e. The summed E-state index contributed by atoms with van der Waals surface area (Å²) in [4.78, 5) is 11.0. The Morgan fingerprint density at radius 1 is 1.18 bits per heavy atom. The third-order valence-electron chi connectivity index (χ3n) is 2.64. The zero-order valence-corrected chi connectivity index (χ0v) is 13.0. The molecule has 0 unspecified atom stereocenters. The monoisotopic (exact) mass is 342 g/mol. The maximum absolute atomic E-state index is 13.5. The van der Waals surface area contributed by atoms with Gasteiger partial charge in [-0.2, -0.15) is 0 Å². The molecule has 2 N–H and O–H groups in total. The Labute approximate surface area is 132 Å². The molecule has 0 aromatic heterocycles. The highest BCUT2D eigenvalue weighted by Crippen LogP contribution is 2.23. The van der Waals surface area contributed by atoms with E-state index in [9.17, 15) is 17.6 Å². The van der Waals surface area contributed by atoms with Gasteiger partial charge in [0, 0.05) is 11.9 Å². The Morgan fingerprint density at radius 3 is 2.55 bits per heavy atom. The molecule has 0 bridgehead atoms. The fraction of sp³-hybridized carbons (Fsp3) is 0.0714. The van der Waals surface area contributed by atoms with Crippen molar-refractivity contribution in [2.24, 2.45) is 0 Å². The number of benzene rings is 2. The van der Waals surface area contributed by atoms with E-state index in [1.54, 1.807) is 6.07 Å². The summed E-state index contributed by atoms with van der Waals surface area (Å²) in [6.07, 6.45) is 0. The van der Waals surface area contributed by atoms with Crippen molar-refractivity contribution < 1.29 is 17.6 Å². The first kappa shape index (κ1) is 16.3. The molecule has 22 heavy (non-hydrogen) atoms. The quantitative estimate of drug-likeness (QED) is 0.895. The second-order valence-electron chi connectivity index (χ2n) is 4.44. The summed E-state index contributed by atoms with van der Waals surface area (Å²) < 4.78 is 40.3. The number of carbonyl (C=O) groups is 1. The highest BCUT2D eigenvalue weighted by atomic mass is 35.5. The molecule has 116 valence electrons. The van der Waals surface area contributed by atoms with Crippen LogP contribution in [-0.2, 0) is 14.8 Å². The molecule has 5 nitrogen and oxygen atoms in total. The first-order valence-corrected chi connectivity index (χ1v) is 7.99. The van der Waals surface area contributed by atoms with Crippen LogP contribution in [0.2, 0.25) is 5.02 Å². The molecule has 0 atom stereocenters. The highest BCUT2D eigenvalue weighted by molar-refractivity contribution is 7.92. The molecule has 2 aromatic carbocycles. The normalized spacial score (nSPS) is 11.0. The van der Waals surface area contributed by atoms with Gasteiger partial charge in [0.2, 0.25) is 5.91 Å². The molecular formula is C14H12ClFN2O3S. The van der Waals surface area contributed by atoms with Crippen molar-refractivity contribution in [1.29, 1.82) is 0 Å². The molecule has 0 saturated carbocycles. The Balaban J connectivity index is 2.32. The van der Waals surface area contributed by atoms with Gasteiger partial charge in [0.05, 0.1) is 16.3 Å². The fourth-order valence-electron chi connectivity index (χ4n) is 1.72. The molecule has 8 heteroatoms. The lowest BCUT2D eigenvalue weighted by Gasteiger charge is -2.10. The van der Waals surface area contributed by atoms with Crippen molar-refractivity contribution in [1.82, 2.24) is 0 Å². The standard InChI is InChI=1S/C14H12ClFN2O3S/c1-9(19)17-14-8-11(5-6-13(14)16)18-22(20,21)12-4-2-3-10(15)7-12/h2-8,18H,1H3,(H,17,19). The minimum Gasteiger partial charge on any atom is -0.324 e. The van der Waals surface area contributed by atoms with Crippen molar-refractivity contribution in [3.63, 3.8) is 0 Å². The Hall–Kier alpha value is -2.12. The van der Waals surface area contributed by atoms with Gasteiger partial charge in [0.25, 0.3) is 10.0 Å². The zero-order valence-electron chi connectivity index (χ0n) is 11.4. The van der Waals surface area contributed by atoms with Crippen molar-refractivity contribution in [3.8, 4) is 0 Å². The molecule has 0 heterocycles. The summed E-state index contributed by atoms with van der Waals surface area (Å²) in [6, 6.07) is 9.23. The lowest BCUT2D eigenvalue weighted by Crippen LogP contribution is -2.14. The molecule has 0 aliphatic carbocycles. The third kappa shape index (κ3) is 3.96. The number of rotatable bonds is 4. The predicted octanol–water partition coefficient (Wildman–Crippen LogP) is 3.24. The van der Waals surface area contributed by atoms with Crippen molar-refractivity contribution in [3.05, 3.63) is 53.3 Å². The summed E-state index contributed by atoms with van der Waals surface area (Å²) in [5, 5.41) is 2.56. The number of halogens is 2. The smallest absolute Gasteiger partial charge is 0.261 e. The lowest BCUT2D eigenvalue weighted by atomic mass is 10.2. The number of carbonyl (C=O) groups excluding carboxylic acids is 1. The summed E-state index contributed by atoms with van der Waals surface area (Å²) in [7, 11) is -3.86. The predicted molar refractivity (Wildman–Crippen MR) is 83.0 cm³/mol. The fourth-order valence-corrected chi connectivity index (χ4v) is 3.07. The molecular weight excluding hydrogens is 331 g/mol. The molecule has 0 spiro atoms. The Bertz CT molecular complexity index is 825. The molecule has 0 radical (unpaired) electrons. The number of hydrogen-bond donors (Lipinski definition) is 2. The van der Waals surface area contributed by atoms with Crippen molar-refractivity contribution >= 4 is 38.9 Å². The minimum atomic E-state index is -3.86. The zero-order chi connectivity index (χ0) is 16.3. The van der Waals surface area contributed by atoms with E-state index in [0.717, 1.165) is 6.07 Å². The van der Waals surface area contributed by atoms with Crippen LogP contribution in [0.4, 0.5) is 15.8 Å². The molecule has 0 saturated heterocycles. The van der Waals surface area contributed by atoms with E-state index in [0.29, 0.717) is 0 Å². The van der Waals surface area contributed by atoms with E-state index in [2.05, 4.69) is 10.0 Å². The van der Waals surface area contributed by atoms with Crippen LogP contribution in [0.25, 0.3) is 0 Å². The van der Waals surface area contributed by atoms with Crippen LogP contribution in [0, 0.1) is 5.82 Å². The van der Waals surface area contributed by atoms with Gasteiger partial charge in [-0.25, -0.2) is 12.8 Å². The van der Waals surface area contributed by atoms with Crippen LogP contribution in [0.15, 0.2) is 47.4 Å². The van der Waals surface area contributed by atoms with E-state index in [1.807, 2.05) is 0 Å². The number of anilines is 2. The third-order valence-corrected chi connectivity index (χ3v) is 4.25. The molecule has 2 aromatic rings. The maximum Gasteiger partial charge on any atom is 0.261 e. The van der Waals surface area contributed by atoms with Crippen LogP contribution in [0.5, 0.6) is 0 Å². The van der Waals surface area contributed by atoms with Gasteiger partial charge in [-0.3, -0.25) is 9.52 Å². The number of hydrogen-bond acceptors (Lipinski definition) is 3. The van der Waals surface area contributed by atoms with Gasteiger partial charge >= 0.3 is 0 Å².